The minimum Gasteiger partial charge on any atom is -0.336 e. The van der Waals surface area contributed by atoms with Crippen LogP contribution in [0.15, 0.2) is 29.6 Å². The molecule has 124 valence electrons. The van der Waals surface area contributed by atoms with E-state index >= 15 is 0 Å². The molecular weight excluding hydrogens is 326 g/mol. The third-order valence-electron chi connectivity index (χ3n) is 4.57. The number of nitrogens with one attached hydrogen (secondary N) is 1. The molecule has 2 aliphatic heterocycles. The Kier molecular flexibility index (Phi) is 3.89. The van der Waals surface area contributed by atoms with Gasteiger partial charge in [-0.1, -0.05) is 16.6 Å². The van der Waals surface area contributed by atoms with Crippen molar-refractivity contribution in [1.82, 2.24) is 19.4 Å². The number of carbonyl (C=O) groups excluding carboxylic acids is 2. The van der Waals surface area contributed by atoms with E-state index in [0.717, 1.165) is 23.4 Å². The zero-order valence-corrected chi connectivity index (χ0v) is 13.8. The number of hydrogen-bond acceptors (Lipinski definition) is 5. The Balaban J connectivity index is 1.38. The Morgan fingerprint density at radius 3 is 2.83 bits per heavy atom. The summed E-state index contributed by atoms with van der Waals surface area (Å²) in [5.74, 6) is 0.215. The molecule has 1 N–H and O–H groups in total. The average Bonchev–Trinajstić information content (AvgIpc) is 3.26. The van der Waals surface area contributed by atoms with Gasteiger partial charge in [0.2, 0.25) is 5.91 Å². The highest BCUT2D eigenvalue weighted by Crippen LogP contribution is 2.24. The summed E-state index contributed by atoms with van der Waals surface area (Å²) in [6.07, 6.45) is 1.45. The number of nitrogens with zero attached hydrogens (tertiary/aromatic N) is 4. The molecule has 0 spiro atoms. The van der Waals surface area contributed by atoms with Gasteiger partial charge in [0.1, 0.15) is 5.69 Å². The largest absolute Gasteiger partial charge is 0.336 e. The standard InChI is InChI=1S/C16H17N5O2S/c22-15-6-5-13-9-20(7-8-21(13)15)16(23)17-12-3-1-11(2-4-12)14-10-24-19-18-14/h1-4,10,13H,5-9H2,(H,17,23). The van der Waals surface area contributed by atoms with E-state index in [0.29, 0.717) is 26.1 Å². The SMILES string of the molecule is O=C(Nc1ccc(-c2csnn2)cc1)N1CCN2C(=O)CCC2C1. The van der Waals surface area contributed by atoms with Crippen LogP contribution < -0.4 is 5.32 Å². The van der Waals surface area contributed by atoms with Gasteiger partial charge in [0.25, 0.3) is 0 Å². The van der Waals surface area contributed by atoms with Gasteiger partial charge < -0.3 is 15.1 Å². The lowest BCUT2D eigenvalue weighted by Crippen LogP contribution is -2.54. The van der Waals surface area contributed by atoms with Crippen molar-refractivity contribution < 1.29 is 9.59 Å². The summed E-state index contributed by atoms with van der Waals surface area (Å²) >= 11 is 1.31. The van der Waals surface area contributed by atoms with Gasteiger partial charge in [0.05, 0.1) is 0 Å². The van der Waals surface area contributed by atoms with Crippen molar-refractivity contribution in [3.63, 3.8) is 0 Å². The maximum absolute atomic E-state index is 12.4. The fourth-order valence-electron chi connectivity index (χ4n) is 3.27. The van der Waals surface area contributed by atoms with E-state index in [2.05, 4.69) is 14.9 Å². The van der Waals surface area contributed by atoms with Crippen molar-refractivity contribution in [2.75, 3.05) is 25.0 Å². The van der Waals surface area contributed by atoms with Gasteiger partial charge in [-0.05, 0) is 30.1 Å². The second-order valence-corrected chi connectivity index (χ2v) is 6.63. The summed E-state index contributed by atoms with van der Waals surface area (Å²) < 4.78 is 3.85. The third-order valence-corrected chi connectivity index (χ3v) is 5.08. The van der Waals surface area contributed by atoms with Gasteiger partial charge in [0, 0.05) is 48.7 Å². The molecule has 0 radical (unpaired) electrons. The monoisotopic (exact) mass is 343 g/mol. The number of rotatable bonds is 2. The first-order valence-electron chi connectivity index (χ1n) is 7.93. The average molecular weight is 343 g/mol. The fraction of sp³-hybridized carbons (Fsp3) is 0.375. The molecule has 0 bridgehead atoms. The van der Waals surface area contributed by atoms with E-state index in [4.69, 9.17) is 0 Å². The van der Waals surface area contributed by atoms with Crippen molar-refractivity contribution in [3.05, 3.63) is 29.6 Å². The molecule has 1 aromatic carbocycles. The Bertz CT molecular complexity index is 746. The number of hydrogen-bond donors (Lipinski definition) is 1. The molecule has 24 heavy (non-hydrogen) atoms. The summed E-state index contributed by atoms with van der Waals surface area (Å²) in [6, 6.07) is 7.62. The van der Waals surface area contributed by atoms with Crippen LogP contribution in [0.3, 0.4) is 0 Å². The van der Waals surface area contributed by atoms with E-state index in [1.165, 1.54) is 11.5 Å². The van der Waals surface area contributed by atoms with Gasteiger partial charge >= 0.3 is 6.03 Å². The minimum atomic E-state index is -0.114. The zero-order chi connectivity index (χ0) is 16.5. The van der Waals surface area contributed by atoms with E-state index < -0.39 is 0 Å². The number of amides is 3. The van der Waals surface area contributed by atoms with E-state index in [-0.39, 0.29) is 18.0 Å². The van der Waals surface area contributed by atoms with Crippen LogP contribution in [-0.2, 0) is 4.79 Å². The summed E-state index contributed by atoms with van der Waals surface area (Å²) in [5, 5.41) is 8.84. The molecule has 0 saturated carbocycles. The van der Waals surface area contributed by atoms with Crippen LogP contribution in [0.2, 0.25) is 0 Å². The molecule has 3 amide bonds. The van der Waals surface area contributed by atoms with Crippen LogP contribution in [0.25, 0.3) is 11.3 Å². The second-order valence-electron chi connectivity index (χ2n) is 6.02. The van der Waals surface area contributed by atoms with Gasteiger partial charge in [-0.3, -0.25) is 4.79 Å². The van der Waals surface area contributed by atoms with Crippen molar-refractivity contribution in [1.29, 1.82) is 0 Å². The van der Waals surface area contributed by atoms with Gasteiger partial charge in [-0.15, -0.1) is 5.10 Å². The molecule has 0 aliphatic carbocycles. The van der Waals surface area contributed by atoms with E-state index in [9.17, 15) is 9.59 Å². The van der Waals surface area contributed by atoms with Crippen molar-refractivity contribution in [2.24, 2.45) is 0 Å². The molecular formula is C16H17N5O2S. The number of piperazine rings is 1. The number of anilines is 1. The molecule has 2 aromatic rings. The highest BCUT2D eigenvalue weighted by Gasteiger charge is 2.36. The molecule has 1 unspecified atom stereocenters. The molecule has 1 aromatic heterocycles. The first-order valence-corrected chi connectivity index (χ1v) is 8.77. The third kappa shape index (κ3) is 2.84. The molecule has 8 heteroatoms. The van der Waals surface area contributed by atoms with E-state index in [1.807, 2.05) is 34.5 Å². The molecule has 4 rings (SSSR count). The highest BCUT2D eigenvalue weighted by atomic mass is 32.1. The van der Waals surface area contributed by atoms with Crippen LogP contribution in [0.1, 0.15) is 12.8 Å². The molecule has 7 nitrogen and oxygen atoms in total. The molecule has 2 saturated heterocycles. The number of carbonyl (C=O) groups is 2. The number of fused-ring (bicyclic) bond motifs is 1. The van der Waals surface area contributed by atoms with Gasteiger partial charge in [-0.25, -0.2) is 4.79 Å². The lowest BCUT2D eigenvalue weighted by molar-refractivity contribution is -0.130. The van der Waals surface area contributed by atoms with Crippen molar-refractivity contribution in [3.8, 4) is 11.3 Å². The Morgan fingerprint density at radius 2 is 2.08 bits per heavy atom. The summed E-state index contributed by atoms with van der Waals surface area (Å²) in [5.41, 5.74) is 2.55. The Labute approximate surface area is 143 Å². The predicted octanol–water partition coefficient (Wildman–Crippen LogP) is 2.04. The Morgan fingerprint density at radius 1 is 1.25 bits per heavy atom. The van der Waals surface area contributed by atoms with Crippen LogP contribution in [-0.4, -0.2) is 57.0 Å². The van der Waals surface area contributed by atoms with Crippen LogP contribution in [0, 0.1) is 0 Å². The van der Waals surface area contributed by atoms with Gasteiger partial charge in [-0.2, -0.15) is 0 Å². The lowest BCUT2D eigenvalue weighted by Gasteiger charge is -2.37. The quantitative estimate of drug-likeness (QED) is 0.905. The van der Waals surface area contributed by atoms with Crippen molar-refractivity contribution >= 4 is 29.2 Å². The highest BCUT2D eigenvalue weighted by molar-refractivity contribution is 7.03. The lowest BCUT2D eigenvalue weighted by atomic mass is 10.1. The normalized spacial score (nSPS) is 20.2. The maximum atomic E-state index is 12.4. The zero-order valence-electron chi connectivity index (χ0n) is 13.0. The Hall–Kier alpha value is -2.48. The predicted molar refractivity (Wildman–Crippen MR) is 90.7 cm³/mol. The number of benzene rings is 1. The van der Waals surface area contributed by atoms with Crippen LogP contribution in [0.4, 0.5) is 10.5 Å². The summed E-state index contributed by atoms with van der Waals surface area (Å²) in [4.78, 5) is 27.8. The van der Waals surface area contributed by atoms with E-state index in [1.54, 1.807) is 4.90 Å². The minimum absolute atomic E-state index is 0.114. The van der Waals surface area contributed by atoms with Crippen molar-refractivity contribution in [2.45, 2.75) is 18.9 Å². The number of urea groups is 1. The summed E-state index contributed by atoms with van der Waals surface area (Å²) in [6.45, 7) is 1.82. The number of aromatic nitrogens is 2. The smallest absolute Gasteiger partial charge is 0.321 e. The van der Waals surface area contributed by atoms with Crippen LogP contribution >= 0.6 is 11.5 Å². The first kappa shape index (κ1) is 15.1. The molecule has 2 fully saturated rings. The van der Waals surface area contributed by atoms with Gasteiger partial charge in [0.15, 0.2) is 0 Å². The fourth-order valence-corrected chi connectivity index (χ4v) is 3.73. The molecule has 1 atom stereocenters. The second kappa shape index (κ2) is 6.20. The maximum Gasteiger partial charge on any atom is 0.321 e. The summed E-state index contributed by atoms with van der Waals surface area (Å²) in [7, 11) is 0. The first-order chi connectivity index (χ1) is 11.7. The topological polar surface area (TPSA) is 78.4 Å². The molecule has 3 heterocycles. The van der Waals surface area contributed by atoms with Crippen LogP contribution in [0.5, 0.6) is 0 Å². The molecule has 2 aliphatic rings.